The molecule has 1 atom stereocenters. The van der Waals surface area contributed by atoms with Crippen LogP contribution in [-0.2, 0) is 26.2 Å². The molecule has 0 aliphatic heterocycles. The molecule has 0 bridgehead atoms. The summed E-state index contributed by atoms with van der Waals surface area (Å²) in [5.41, 5.74) is 1.87. The zero-order chi connectivity index (χ0) is 31.0. The van der Waals surface area contributed by atoms with Gasteiger partial charge in [0.2, 0.25) is 11.8 Å². The molecule has 3 aromatic rings. The highest BCUT2D eigenvalue weighted by molar-refractivity contribution is 7.92. The van der Waals surface area contributed by atoms with Crippen LogP contribution in [-0.4, -0.2) is 50.9 Å². The number of anilines is 1. The molecule has 1 aliphatic carbocycles. The molecule has 0 saturated heterocycles. The van der Waals surface area contributed by atoms with Gasteiger partial charge in [0.1, 0.15) is 18.3 Å². The predicted molar refractivity (Wildman–Crippen MR) is 170 cm³/mol. The first-order valence-electron chi connectivity index (χ1n) is 14.7. The quantitative estimate of drug-likeness (QED) is 0.262. The van der Waals surface area contributed by atoms with Gasteiger partial charge < -0.3 is 15.0 Å². The Bertz CT molecular complexity index is 1490. The lowest BCUT2D eigenvalue weighted by molar-refractivity contribution is -0.140. The second-order valence-electron chi connectivity index (χ2n) is 10.9. The molecule has 4 rings (SSSR count). The van der Waals surface area contributed by atoms with Gasteiger partial charge in [0.25, 0.3) is 10.0 Å². The summed E-state index contributed by atoms with van der Waals surface area (Å²) in [5.74, 6) is -0.0863. The van der Waals surface area contributed by atoms with Crippen molar-refractivity contribution in [1.29, 1.82) is 0 Å². The van der Waals surface area contributed by atoms with Crippen molar-refractivity contribution in [2.45, 2.75) is 75.9 Å². The van der Waals surface area contributed by atoms with Gasteiger partial charge >= 0.3 is 0 Å². The second kappa shape index (κ2) is 14.8. The number of carbonyl (C=O) groups excluding carboxylic acids is 2. The third-order valence-electron chi connectivity index (χ3n) is 7.86. The molecule has 0 aromatic heterocycles. The largest absolute Gasteiger partial charge is 0.497 e. The van der Waals surface area contributed by atoms with Crippen molar-refractivity contribution in [2.75, 3.05) is 18.0 Å². The normalized spacial score (nSPS) is 14.5. The highest BCUT2D eigenvalue weighted by Crippen LogP contribution is 2.31. The standard InChI is InChI=1S/C33H40ClN3O5S/c1-4-30(33(39)35-26-10-6-5-7-11-26)36(22-25-16-18-27(42-3)19-17-25)32(38)23-37(31-13-9-8-12-29(31)34)43(40,41)28-20-14-24(2)15-21-28/h8-9,12-21,26,30H,4-7,10-11,22-23H2,1-3H3,(H,35,39)/t30-/m0/s1. The smallest absolute Gasteiger partial charge is 0.264 e. The van der Waals surface area contributed by atoms with Crippen LogP contribution in [0.15, 0.2) is 77.7 Å². The van der Waals surface area contributed by atoms with Gasteiger partial charge in [-0.2, -0.15) is 0 Å². The van der Waals surface area contributed by atoms with Crippen LogP contribution in [0.5, 0.6) is 5.75 Å². The van der Waals surface area contributed by atoms with Crippen molar-refractivity contribution in [2.24, 2.45) is 0 Å². The van der Waals surface area contributed by atoms with Crippen molar-refractivity contribution in [3.8, 4) is 5.75 Å². The van der Waals surface area contributed by atoms with E-state index in [0.29, 0.717) is 12.2 Å². The minimum atomic E-state index is -4.19. The summed E-state index contributed by atoms with van der Waals surface area (Å²) in [4.78, 5) is 29.4. The topological polar surface area (TPSA) is 96.0 Å². The van der Waals surface area contributed by atoms with Gasteiger partial charge in [0.15, 0.2) is 0 Å². The molecule has 10 heteroatoms. The maximum absolute atomic E-state index is 14.3. The number of rotatable bonds is 12. The van der Waals surface area contributed by atoms with Gasteiger partial charge in [-0.05, 0) is 68.1 Å². The minimum absolute atomic E-state index is 0.0367. The van der Waals surface area contributed by atoms with E-state index in [1.807, 2.05) is 26.0 Å². The second-order valence-corrected chi connectivity index (χ2v) is 13.2. The van der Waals surface area contributed by atoms with E-state index < -0.39 is 28.5 Å². The molecule has 230 valence electrons. The Labute approximate surface area is 260 Å². The van der Waals surface area contributed by atoms with E-state index in [1.165, 1.54) is 17.0 Å². The van der Waals surface area contributed by atoms with Crippen molar-refractivity contribution in [3.05, 3.63) is 88.9 Å². The predicted octanol–water partition coefficient (Wildman–Crippen LogP) is 6.11. The van der Waals surface area contributed by atoms with Crippen LogP contribution in [0.3, 0.4) is 0 Å². The summed E-state index contributed by atoms with van der Waals surface area (Å²) in [6, 6.07) is 19.5. The molecule has 2 amide bonds. The Morgan fingerprint density at radius 2 is 1.63 bits per heavy atom. The number of ether oxygens (including phenoxy) is 1. The number of benzene rings is 3. The van der Waals surface area contributed by atoms with E-state index in [0.717, 1.165) is 47.5 Å². The Balaban J connectivity index is 1.71. The molecule has 43 heavy (non-hydrogen) atoms. The van der Waals surface area contributed by atoms with Crippen LogP contribution in [0.1, 0.15) is 56.6 Å². The third-order valence-corrected chi connectivity index (χ3v) is 9.95. The summed E-state index contributed by atoms with van der Waals surface area (Å²) in [6.45, 7) is 3.30. The fourth-order valence-electron chi connectivity index (χ4n) is 5.40. The van der Waals surface area contributed by atoms with E-state index in [9.17, 15) is 18.0 Å². The molecule has 0 spiro atoms. The number of aryl methyl sites for hydroxylation is 1. The van der Waals surface area contributed by atoms with E-state index in [2.05, 4.69) is 5.32 Å². The number of para-hydroxylation sites is 1. The molecule has 1 aliphatic rings. The lowest BCUT2D eigenvalue weighted by Crippen LogP contribution is -2.54. The molecular weight excluding hydrogens is 586 g/mol. The average Bonchev–Trinajstić information content (AvgIpc) is 3.01. The van der Waals surface area contributed by atoms with Crippen LogP contribution in [0, 0.1) is 6.92 Å². The maximum Gasteiger partial charge on any atom is 0.264 e. The highest BCUT2D eigenvalue weighted by atomic mass is 35.5. The van der Waals surface area contributed by atoms with Crippen molar-refractivity contribution in [3.63, 3.8) is 0 Å². The summed E-state index contributed by atoms with van der Waals surface area (Å²) in [6.07, 6.45) is 5.43. The summed E-state index contributed by atoms with van der Waals surface area (Å²) < 4.78 is 34.4. The van der Waals surface area contributed by atoms with Crippen LogP contribution < -0.4 is 14.4 Å². The molecule has 1 N–H and O–H groups in total. The number of carbonyl (C=O) groups is 2. The first kappa shape index (κ1) is 32.4. The molecule has 3 aromatic carbocycles. The Hall–Kier alpha value is -3.56. The average molecular weight is 626 g/mol. The first-order chi connectivity index (χ1) is 20.6. The van der Waals surface area contributed by atoms with Gasteiger partial charge in [-0.15, -0.1) is 0 Å². The molecule has 8 nitrogen and oxygen atoms in total. The Kier molecular flexibility index (Phi) is 11.1. The molecule has 0 radical (unpaired) electrons. The van der Waals surface area contributed by atoms with Crippen molar-refractivity contribution < 1.29 is 22.7 Å². The number of nitrogens with zero attached hydrogens (tertiary/aromatic N) is 2. The van der Waals surface area contributed by atoms with Crippen LogP contribution in [0.2, 0.25) is 5.02 Å². The number of halogens is 1. The third kappa shape index (κ3) is 8.09. The highest BCUT2D eigenvalue weighted by Gasteiger charge is 2.35. The summed E-state index contributed by atoms with van der Waals surface area (Å²) in [5, 5.41) is 3.35. The number of amides is 2. The van der Waals surface area contributed by atoms with E-state index >= 15 is 0 Å². The monoisotopic (exact) mass is 625 g/mol. The zero-order valence-corrected chi connectivity index (χ0v) is 26.5. The summed E-state index contributed by atoms with van der Waals surface area (Å²) >= 11 is 6.50. The zero-order valence-electron chi connectivity index (χ0n) is 25.0. The molecule has 0 heterocycles. The van der Waals surface area contributed by atoms with E-state index in [1.54, 1.807) is 55.6 Å². The maximum atomic E-state index is 14.3. The SMILES string of the molecule is CC[C@@H](C(=O)NC1CCCCC1)N(Cc1ccc(OC)cc1)C(=O)CN(c1ccccc1Cl)S(=O)(=O)c1ccc(C)cc1. The molecular formula is C33H40ClN3O5S. The lowest BCUT2D eigenvalue weighted by atomic mass is 9.95. The lowest BCUT2D eigenvalue weighted by Gasteiger charge is -2.34. The van der Waals surface area contributed by atoms with Gasteiger partial charge in [0, 0.05) is 12.6 Å². The van der Waals surface area contributed by atoms with E-state index in [4.69, 9.17) is 16.3 Å². The number of methoxy groups -OCH3 is 1. The van der Waals surface area contributed by atoms with Crippen LogP contribution in [0.4, 0.5) is 5.69 Å². The van der Waals surface area contributed by atoms with Crippen LogP contribution in [0.25, 0.3) is 0 Å². The number of nitrogens with one attached hydrogen (secondary N) is 1. The molecule has 1 fully saturated rings. The van der Waals surface area contributed by atoms with Crippen molar-refractivity contribution in [1.82, 2.24) is 10.2 Å². The van der Waals surface area contributed by atoms with Gasteiger partial charge in [-0.3, -0.25) is 13.9 Å². The van der Waals surface area contributed by atoms with Gasteiger partial charge in [-0.1, -0.05) is 79.7 Å². The first-order valence-corrected chi connectivity index (χ1v) is 16.5. The fraction of sp³-hybridized carbons (Fsp3) is 0.394. The van der Waals surface area contributed by atoms with Gasteiger partial charge in [0.05, 0.1) is 22.7 Å². The number of hydrogen-bond acceptors (Lipinski definition) is 5. The summed E-state index contributed by atoms with van der Waals surface area (Å²) in [7, 11) is -2.62. The minimum Gasteiger partial charge on any atom is -0.497 e. The van der Waals surface area contributed by atoms with E-state index in [-0.39, 0.29) is 34.1 Å². The molecule has 1 saturated carbocycles. The number of hydrogen-bond donors (Lipinski definition) is 1. The number of sulfonamides is 1. The van der Waals surface area contributed by atoms with Crippen molar-refractivity contribution >= 4 is 39.1 Å². The van der Waals surface area contributed by atoms with Gasteiger partial charge in [-0.25, -0.2) is 8.42 Å². The fourth-order valence-corrected chi connectivity index (χ4v) is 7.12. The van der Waals surface area contributed by atoms with Crippen LogP contribution >= 0.6 is 11.6 Å². The Morgan fingerprint density at radius 1 is 0.977 bits per heavy atom. The Morgan fingerprint density at radius 3 is 2.23 bits per heavy atom. The molecule has 0 unspecified atom stereocenters.